The average molecular weight is 280 g/mol. The quantitative estimate of drug-likeness (QED) is 0.726. The molecule has 0 amide bonds. The first-order valence-corrected chi connectivity index (χ1v) is 7.37. The number of hydrogen-bond acceptors (Lipinski definition) is 4. The van der Waals surface area contributed by atoms with Crippen LogP contribution in [0.5, 0.6) is 5.75 Å². The number of rotatable bonds is 9. The fourth-order valence-electron chi connectivity index (χ4n) is 2.34. The lowest BCUT2D eigenvalue weighted by molar-refractivity contribution is 0.233. The van der Waals surface area contributed by atoms with E-state index in [0.29, 0.717) is 0 Å². The summed E-state index contributed by atoms with van der Waals surface area (Å²) >= 11 is 0. The summed E-state index contributed by atoms with van der Waals surface area (Å²) in [7, 11) is 1.67. The predicted octanol–water partition coefficient (Wildman–Crippen LogP) is 1.97. The van der Waals surface area contributed by atoms with Gasteiger partial charge in [0, 0.05) is 13.1 Å². The Balaban J connectivity index is 2.59. The van der Waals surface area contributed by atoms with Crippen molar-refractivity contribution in [3.8, 4) is 5.75 Å². The molecule has 0 aliphatic heterocycles. The minimum Gasteiger partial charge on any atom is -0.496 e. The van der Waals surface area contributed by atoms with Crippen LogP contribution in [0, 0.1) is 6.92 Å². The molecule has 1 aromatic carbocycles. The number of ether oxygens (including phenoxy) is 1. The molecule has 1 aromatic rings. The molecule has 0 heterocycles. The second-order valence-electron chi connectivity index (χ2n) is 4.95. The molecule has 20 heavy (non-hydrogen) atoms. The molecule has 1 atom stereocenters. The van der Waals surface area contributed by atoms with Crippen LogP contribution in [0.3, 0.4) is 0 Å². The van der Waals surface area contributed by atoms with Crippen molar-refractivity contribution in [2.45, 2.75) is 26.8 Å². The fraction of sp³-hybridized carbons (Fsp3) is 0.625. The number of nitrogens with zero attached hydrogens (tertiary/aromatic N) is 1. The molecule has 0 bridgehead atoms. The van der Waals surface area contributed by atoms with Gasteiger partial charge in [0.15, 0.2) is 0 Å². The van der Waals surface area contributed by atoms with E-state index in [2.05, 4.69) is 30.1 Å². The van der Waals surface area contributed by atoms with Gasteiger partial charge in [0.05, 0.1) is 19.8 Å². The maximum atomic E-state index is 9.57. The molecule has 0 fully saturated rings. The Morgan fingerprint density at radius 2 is 2.00 bits per heavy atom. The summed E-state index contributed by atoms with van der Waals surface area (Å²) in [6.07, 6.45) is 0. The largest absolute Gasteiger partial charge is 0.496 e. The molecule has 1 rings (SSSR count). The number of benzene rings is 1. The molecular weight excluding hydrogens is 252 g/mol. The highest BCUT2D eigenvalue weighted by molar-refractivity contribution is 5.37. The normalized spacial score (nSPS) is 12.7. The molecule has 114 valence electrons. The average Bonchev–Trinajstić information content (AvgIpc) is 2.47. The summed E-state index contributed by atoms with van der Waals surface area (Å²) < 4.78 is 5.27. The van der Waals surface area contributed by atoms with Gasteiger partial charge in [-0.05, 0) is 37.2 Å². The number of methoxy groups -OCH3 is 1. The Morgan fingerprint density at radius 3 is 2.50 bits per heavy atom. The van der Waals surface area contributed by atoms with Crippen LogP contribution in [0.2, 0.25) is 0 Å². The van der Waals surface area contributed by atoms with Gasteiger partial charge in [0.25, 0.3) is 0 Å². The molecule has 2 N–H and O–H groups in total. The molecular formula is C16H28N2O2. The van der Waals surface area contributed by atoms with Crippen molar-refractivity contribution in [2.75, 3.05) is 39.9 Å². The maximum Gasteiger partial charge on any atom is 0.121 e. The highest BCUT2D eigenvalue weighted by Crippen LogP contribution is 2.22. The Kier molecular flexibility index (Phi) is 7.59. The Morgan fingerprint density at radius 1 is 1.30 bits per heavy atom. The molecule has 0 spiro atoms. The van der Waals surface area contributed by atoms with Gasteiger partial charge in [-0.2, -0.15) is 0 Å². The monoisotopic (exact) mass is 280 g/mol. The summed E-state index contributed by atoms with van der Waals surface area (Å²) in [5, 5.41) is 13.0. The van der Waals surface area contributed by atoms with Crippen LogP contribution in [0.15, 0.2) is 18.2 Å². The standard InChI is InChI=1S/C16H28N2O2/c1-5-18(6-2)10-9-17-15(12-19)14-7-8-16(20-4)13(3)11-14/h7-8,11,15,17,19H,5-6,9-10,12H2,1-4H3. The number of aliphatic hydroxyl groups excluding tert-OH is 1. The summed E-state index contributed by atoms with van der Waals surface area (Å²) in [5.41, 5.74) is 2.19. The molecule has 4 heteroatoms. The Bertz CT molecular complexity index is 392. The van der Waals surface area contributed by atoms with Crippen molar-refractivity contribution >= 4 is 0 Å². The van der Waals surface area contributed by atoms with Crippen LogP contribution in [0.25, 0.3) is 0 Å². The molecule has 0 radical (unpaired) electrons. The van der Waals surface area contributed by atoms with Crippen LogP contribution >= 0.6 is 0 Å². The Labute approximate surface area is 122 Å². The lowest BCUT2D eigenvalue weighted by Gasteiger charge is -2.22. The van der Waals surface area contributed by atoms with Crippen molar-refractivity contribution in [1.82, 2.24) is 10.2 Å². The highest BCUT2D eigenvalue weighted by atomic mass is 16.5. The van der Waals surface area contributed by atoms with Crippen LogP contribution in [0.4, 0.5) is 0 Å². The third-order valence-corrected chi connectivity index (χ3v) is 3.72. The van der Waals surface area contributed by atoms with Gasteiger partial charge in [-0.25, -0.2) is 0 Å². The number of hydrogen-bond donors (Lipinski definition) is 2. The van der Waals surface area contributed by atoms with E-state index in [1.54, 1.807) is 7.11 Å². The van der Waals surface area contributed by atoms with E-state index in [0.717, 1.165) is 43.1 Å². The summed E-state index contributed by atoms with van der Waals surface area (Å²) in [6, 6.07) is 6.02. The van der Waals surface area contributed by atoms with Gasteiger partial charge in [0.1, 0.15) is 5.75 Å². The topological polar surface area (TPSA) is 44.7 Å². The summed E-state index contributed by atoms with van der Waals surface area (Å²) in [6.45, 7) is 10.4. The summed E-state index contributed by atoms with van der Waals surface area (Å²) in [4.78, 5) is 2.36. The molecule has 0 aromatic heterocycles. The van der Waals surface area contributed by atoms with Crippen molar-refractivity contribution in [3.05, 3.63) is 29.3 Å². The van der Waals surface area contributed by atoms with E-state index in [4.69, 9.17) is 4.74 Å². The van der Waals surface area contributed by atoms with Gasteiger partial charge >= 0.3 is 0 Å². The van der Waals surface area contributed by atoms with Crippen LogP contribution in [-0.2, 0) is 0 Å². The molecule has 0 aliphatic rings. The molecule has 0 saturated heterocycles. The van der Waals surface area contributed by atoms with E-state index in [9.17, 15) is 5.11 Å². The third kappa shape index (κ3) is 4.78. The first-order chi connectivity index (χ1) is 9.65. The number of aryl methyl sites for hydroxylation is 1. The summed E-state index contributed by atoms with van der Waals surface area (Å²) in [5.74, 6) is 0.883. The van der Waals surface area contributed by atoms with E-state index in [1.165, 1.54) is 0 Å². The van der Waals surface area contributed by atoms with Gasteiger partial charge in [-0.15, -0.1) is 0 Å². The van der Waals surface area contributed by atoms with Crippen LogP contribution in [-0.4, -0.2) is 49.9 Å². The van der Waals surface area contributed by atoms with E-state index < -0.39 is 0 Å². The first-order valence-electron chi connectivity index (χ1n) is 7.37. The SMILES string of the molecule is CCN(CC)CCNC(CO)c1ccc(OC)c(C)c1. The zero-order valence-corrected chi connectivity index (χ0v) is 13.1. The van der Waals surface area contributed by atoms with E-state index in [1.807, 2.05) is 19.1 Å². The minimum atomic E-state index is -0.0184. The maximum absolute atomic E-state index is 9.57. The van der Waals surface area contributed by atoms with Gasteiger partial charge in [-0.3, -0.25) is 0 Å². The van der Waals surface area contributed by atoms with E-state index >= 15 is 0 Å². The van der Waals surface area contributed by atoms with Crippen molar-refractivity contribution < 1.29 is 9.84 Å². The van der Waals surface area contributed by atoms with Crippen LogP contribution in [0.1, 0.15) is 31.0 Å². The van der Waals surface area contributed by atoms with Crippen molar-refractivity contribution in [1.29, 1.82) is 0 Å². The van der Waals surface area contributed by atoms with Crippen molar-refractivity contribution in [3.63, 3.8) is 0 Å². The highest BCUT2D eigenvalue weighted by Gasteiger charge is 2.11. The smallest absolute Gasteiger partial charge is 0.121 e. The van der Waals surface area contributed by atoms with Gasteiger partial charge < -0.3 is 20.1 Å². The predicted molar refractivity (Wildman–Crippen MR) is 83.3 cm³/mol. The second kappa shape index (κ2) is 8.95. The number of aliphatic hydroxyl groups is 1. The molecule has 1 unspecified atom stereocenters. The number of nitrogens with one attached hydrogen (secondary N) is 1. The van der Waals surface area contributed by atoms with Crippen LogP contribution < -0.4 is 10.1 Å². The number of likely N-dealkylation sites (N-methyl/N-ethyl adjacent to an activating group) is 1. The Hall–Kier alpha value is -1.10. The zero-order chi connectivity index (χ0) is 15.0. The van der Waals surface area contributed by atoms with E-state index in [-0.39, 0.29) is 12.6 Å². The fourth-order valence-corrected chi connectivity index (χ4v) is 2.34. The molecule has 0 aliphatic carbocycles. The minimum absolute atomic E-state index is 0.0184. The first kappa shape index (κ1) is 17.0. The van der Waals surface area contributed by atoms with Gasteiger partial charge in [0.2, 0.25) is 0 Å². The third-order valence-electron chi connectivity index (χ3n) is 3.72. The lowest BCUT2D eigenvalue weighted by Crippen LogP contribution is -2.34. The van der Waals surface area contributed by atoms with Crippen molar-refractivity contribution in [2.24, 2.45) is 0 Å². The lowest BCUT2D eigenvalue weighted by atomic mass is 10.0. The molecule has 4 nitrogen and oxygen atoms in total. The second-order valence-corrected chi connectivity index (χ2v) is 4.95. The van der Waals surface area contributed by atoms with Gasteiger partial charge in [-0.1, -0.05) is 26.0 Å². The zero-order valence-electron chi connectivity index (χ0n) is 13.1. The molecule has 0 saturated carbocycles.